The third-order valence-electron chi connectivity index (χ3n) is 1.76. The van der Waals surface area contributed by atoms with Crippen molar-refractivity contribution in [2.45, 2.75) is 36.3 Å². The molecule has 2 unspecified atom stereocenters. The van der Waals surface area contributed by atoms with Crippen molar-refractivity contribution in [2.75, 3.05) is 13.2 Å². The molecule has 0 N–H and O–H groups in total. The monoisotopic (exact) mass is 358 g/mol. The summed E-state index contributed by atoms with van der Waals surface area (Å²) in [4.78, 5) is 21.8. The van der Waals surface area contributed by atoms with Crippen LogP contribution >= 0.6 is 31.9 Å². The highest BCUT2D eigenvalue weighted by Gasteiger charge is 2.25. The Bertz CT molecular complexity index is 233. The molecule has 2 atom stereocenters. The summed E-state index contributed by atoms with van der Waals surface area (Å²) in [6.45, 7) is 4.23. The Kier molecular flexibility index (Phi) is 8.93. The molecule has 94 valence electrons. The highest BCUT2D eigenvalue weighted by Crippen LogP contribution is 2.20. The molecule has 0 aromatic carbocycles. The fraction of sp³-hybridized carbons (Fsp3) is 0.800. The summed E-state index contributed by atoms with van der Waals surface area (Å²) in [6, 6.07) is 0. The first-order chi connectivity index (χ1) is 7.52. The third kappa shape index (κ3) is 6.48. The lowest BCUT2D eigenvalue weighted by Crippen LogP contribution is -2.27. The van der Waals surface area contributed by atoms with Crippen LogP contribution in [0.3, 0.4) is 0 Å². The molecule has 0 saturated heterocycles. The summed E-state index contributed by atoms with van der Waals surface area (Å²) < 4.78 is 9.64. The summed E-state index contributed by atoms with van der Waals surface area (Å²) in [6.07, 6.45) is 0.804. The van der Waals surface area contributed by atoms with Crippen LogP contribution in [0.25, 0.3) is 0 Å². The maximum Gasteiger partial charge on any atom is 0.320 e. The van der Waals surface area contributed by atoms with Crippen LogP contribution < -0.4 is 0 Å². The van der Waals surface area contributed by atoms with Gasteiger partial charge in [-0.05, 0) is 20.3 Å². The van der Waals surface area contributed by atoms with Crippen molar-refractivity contribution in [1.82, 2.24) is 0 Å². The quantitative estimate of drug-likeness (QED) is 0.517. The fourth-order valence-electron chi connectivity index (χ4n) is 1.00. The van der Waals surface area contributed by atoms with Crippen molar-refractivity contribution < 1.29 is 19.1 Å². The minimum Gasteiger partial charge on any atom is -0.466 e. The Labute approximate surface area is 112 Å². The largest absolute Gasteiger partial charge is 0.466 e. The Morgan fingerprint density at radius 1 is 1.12 bits per heavy atom. The Morgan fingerprint density at radius 3 is 2.19 bits per heavy atom. The van der Waals surface area contributed by atoms with Crippen LogP contribution in [0.15, 0.2) is 0 Å². The van der Waals surface area contributed by atoms with Gasteiger partial charge in [0.2, 0.25) is 0 Å². The highest BCUT2D eigenvalue weighted by molar-refractivity contribution is 9.12. The van der Waals surface area contributed by atoms with Crippen molar-refractivity contribution in [2.24, 2.45) is 0 Å². The van der Waals surface area contributed by atoms with Crippen LogP contribution in [0, 0.1) is 0 Å². The first-order valence-electron chi connectivity index (χ1n) is 5.13. The van der Waals surface area contributed by atoms with Gasteiger partial charge in [0.25, 0.3) is 0 Å². The van der Waals surface area contributed by atoms with Crippen molar-refractivity contribution in [1.29, 1.82) is 0 Å². The van der Waals surface area contributed by atoms with E-state index in [2.05, 4.69) is 31.9 Å². The topological polar surface area (TPSA) is 52.6 Å². The zero-order chi connectivity index (χ0) is 12.6. The molecule has 0 rings (SSSR count). The van der Waals surface area contributed by atoms with E-state index in [1.807, 2.05) is 0 Å². The molecule has 0 fully saturated rings. The normalized spacial score (nSPS) is 14.0. The number of carbonyl (C=O) groups excluding carboxylic acids is 2. The lowest BCUT2D eigenvalue weighted by atomic mass is 10.2. The number of hydrogen-bond donors (Lipinski definition) is 0. The molecule has 0 aliphatic rings. The van der Waals surface area contributed by atoms with Crippen molar-refractivity contribution in [3.8, 4) is 0 Å². The first kappa shape index (κ1) is 15.9. The van der Waals surface area contributed by atoms with E-state index in [4.69, 9.17) is 9.47 Å². The Balaban J connectivity index is 3.91. The number of carbonyl (C=O) groups is 2. The van der Waals surface area contributed by atoms with Gasteiger partial charge in [0.1, 0.15) is 4.83 Å². The SMILES string of the molecule is CCOC(=O)CCC(Br)C(Br)C(=O)OCC. The third-order valence-corrected chi connectivity index (χ3v) is 4.47. The van der Waals surface area contributed by atoms with Gasteiger partial charge in [0.15, 0.2) is 0 Å². The van der Waals surface area contributed by atoms with Gasteiger partial charge in [0.05, 0.1) is 13.2 Å². The summed E-state index contributed by atoms with van der Waals surface area (Å²) in [5.41, 5.74) is 0. The molecule has 0 saturated carbocycles. The van der Waals surface area contributed by atoms with Gasteiger partial charge in [-0.25, -0.2) is 0 Å². The molecule has 4 nitrogen and oxygen atoms in total. The maximum absolute atomic E-state index is 11.3. The predicted octanol–water partition coefficient (Wildman–Crippen LogP) is 2.42. The van der Waals surface area contributed by atoms with E-state index in [1.54, 1.807) is 13.8 Å². The van der Waals surface area contributed by atoms with E-state index in [0.717, 1.165) is 0 Å². The molecule has 0 bridgehead atoms. The molecule has 6 heteroatoms. The smallest absolute Gasteiger partial charge is 0.320 e. The summed E-state index contributed by atoms with van der Waals surface area (Å²) in [5.74, 6) is -0.580. The van der Waals surface area contributed by atoms with Crippen LogP contribution in [0.1, 0.15) is 26.7 Å². The Morgan fingerprint density at radius 2 is 1.69 bits per heavy atom. The standard InChI is InChI=1S/C10H16Br2O4/c1-3-15-8(13)6-5-7(11)9(12)10(14)16-4-2/h7,9H,3-6H2,1-2H3. The second kappa shape index (κ2) is 8.98. The molecule has 0 aliphatic carbocycles. The van der Waals surface area contributed by atoms with Gasteiger partial charge < -0.3 is 9.47 Å². The van der Waals surface area contributed by atoms with Crippen LogP contribution in [0.5, 0.6) is 0 Å². The van der Waals surface area contributed by atoms with E-state index < -0.39 is 4.83 Å². The van der Waals surface area contributed by atoms with Crippen LogP contribution in [-0.4, -0.2) is 34.8 Å². The zero-order valence-corrected chi connectivity index (χ0v) is 12.5. The van der Waals surface area contributed by atoms with E-state index in [0.29, 0.717) is 19.6 Å². The zero-order valence-electron chi connectivity index (χ0n) is 9.37. The molecule has 0 aromatic rings. The Hall–Kier alpha value is -0.100. The van der Waals surface area contributed by atoms with Crippen LogP contribution in [0.2, 0.25) is 0 Å². The molecule has 0 aromatic heterocycles. The minimum absolute atomic E-state index is 0.143. The average Bonchev–Trinajstić information content (AvgIpc) is 2.25. The molecule has 0 spiro atoms. The molecule has 0 aliphatic heterocycles. The molecular weight excluding hydrogens is 344 g/mol. The fourth-order valence-corrected chi connectivity index (χ4v) is 1.85. The van der Waals surface area contributed by atoms with Gasteiger partial charge in [0, 0.05) is 11.2 Å². The van der Waals surface area contributed by atoms with Gasteiger partial charge in [-0.15, -0.1) is 0 Å². The van der Waals surface area contributed by atoms with Gasteiger partial charge in [-0.2, -0.15) is 0 Å². The van der Waals surface area contributed by atoms with E-state index >= 15 is 0 Å². The summed E-state index contributed by atoms with van der Waals surface area (Å²) >= 11 is 6.56. The van der Waals surface area contributed by atoms with Gasteiger partial charge >= 0.3 is 11.9 Å². The number of halogens is 2. The lowest BCUT2D eigenvalue weighted by molar-refractivity contribution is -0.144. The highest BCUT2D eigenvalue weighted by atomic mass is 79.9. The average molecular weight is 360 g/mol. The van der Waals surface area contributed by atoms with Crippen LogP contribution in [0.4, 0.5) is 0 Å². The second-order valence-electron chi connectivity index (χ2n) is 3.01. The van der Waals surface area contributed by atoms with Crippen molar-refractivity contribution in [3.63, 3.8) is 0 Å². The van der Waals surface area contributed by atoms with Crippen molar-refractivity contribution in [3.05, 3.63) is 0 Å². The molecule has 0 heterocycles. The van der Waals surface area contributed by atoms with E-state index in [-0.39, 0.29) is 23.2 Å². The molecule has 0 amide bonds. The summed E-state index contributed by atoms with van der Waals surface area (Å²) in [5, 5.41) is 0. The summed E-state index contributed by atoms with van der Waals surface area (Å²) in [7, 11) is 0. The lowest BCUT2D eigenvalue weighted by Gasteiger charge is -2.14. The molecular formula is C10H16Br2O4. The number of rotatable bonds is 7. The van der Waals surface area contributed by atoms with E-state index in [9.17, 15) is 9.59 Å². The second-order valence-corrected chi connectivity index (χ2v) is 5.18. The van der Waals surface area contributed by atoms with Gasteiger partial charge in [-0.1, -0.05) is 31.9 Å². The van der Waals surface area contributed by atoms with Crippen LogP contribution in [-0.2, 0) is 19.1 Å². The maximum atomic E-state index is 11.3. The first-order valence-corrected chi connectivity index (χ1v) is 6.96. The number of alkyl halides is 2. The molecule has 0 radical (unpaired) electrons. The van der Waals surface area contributed by atoms with E-state index in [1.165, 1.54) is 0 Å². The minimum atomic E-state index is -0.443. The number of hydrogen-bond acceptors (Lipinski definition) is 4. The number of ether oxygens (including phenoxy) is 2. The predicted molar refractivity (Wildman–Crippen MR) is 67.9 cm³/mol. The van der Waals surface area contributed by atoms with Gasteiger partial charge in [-0.3, -0.25) is 9.59 Å². The number of esters is 2. The molecule has 16 heavy (non-hydrogen) atoms. The van der Waals surface area contributed by atoms with Crippen molar-refractivity contribution >= 4 is 43.8 Å².